The van der Waals surface area contributed by atoms with Crippen molar-refractivity contribution in [1.82, 2.24) is 0 Å². The highest BCUT2D eigenvalue weighted by molar-refractivity contribution is 5.95. The van der Waals surface area contributed by atoms with Gasteiger partial charge in [0.05, 0.1) is 12.8 Å². The standard InChI is InChI=1S/C21H27NO3/c1-13(2)17-9-7-15(4)12-20(17)25-16(5)21(23)22-18-11-14(3)8-10-19(18)24-6/h7-13,16H,1-6H3,(H,22,23)/t16-/m0/s1. The molecule has 0 saturated carbocycles. The Morgan fingerprint density at radius 3 is 2.24 bits per heavy atom. The maximum absolute atomic E-state index is 12.6. The molecule has 2 aromatic rings. The van der Waals surface area contributed by atoms with E-state index in [1.165, 1.54) is 0 Å². The molecule has 0 unspecified atom stereocenters. The van der Waals surface area contributed by atoms with Gasteiger partial charge in [-0.25, -0.2) is 0 Å². The zero-order valence-electron chi connectivity index (χ0n) is 15.8. The van der Waals surface area contributed by atoms with Gasteiger partial charge in [0.15, 0.2) is 6.10 Å². The third-order valence-corrected chi connectivity index (χ3v) is 4.08. The number of hydrogen-bond donors (Lipinski definition) is 1. The van der Waals surface area contributed by atoms with Crippen molar-refractivity contribution in [2.75, 3.05) is 12.4 Å². The molecule has 4 heteroatoms. The van der Waals surface area contributed by atoms with Crippen molar-refractivity contribution in [3.8, 4) is 11.5 Å². The van der Waals surface area contributed by atoms with Crippen LogP contribution in [0.25, 0.3) is 0 Å². The van der Waals surface area contributed by atoms with Gasteiger partial charge in [-0.2, -0.15) is 0 Å². The van der Waals surface area contributed by atoms with Crippen molar-refractivity contribution in [1.29, 1.82) is 0 Å². The number of carbonyl (C=O) groups excluding carboxylic acids is 1. The van der Waals surface area contributed by atoms with Crippen LogP contribution in [-0.4, -0.2) is 19.1 Å². The average Bonchev–Trinajstić information content (AvgIpc) is 2.54. The normalized spacial score (nSPS) is 12.0. The third kappa shape index (κ3) is 4.75. The van der Waals surface area contributed by atoms with Crippen LogP contribution in [0.2, 0.25) is 0 Å². The molecule has 0 bridgehead atoms. The van der Waals surface area contributed by atoms with Crippen molar-refractivity contribution in [3.05, 3.63) is 53.1 Å². The molecule has 0 fully saturated rings. The minimum absolute atomic E-state index is 0.208. The Morgan fingerprint density at radius 1 is 0.960 bits per heavy atom. The van der Waals surface area contributed by atoms with E-state index in [1.54, 1.807) is 14.0 Å². The Morgan fingerprint density at radius 2 is 1.60 bits per heavy atom. The monoisotopic (exact) mass is 341 g/mol. The second-order valence-corrected chi connectivity index (χ2v) is 6.65. The lowest BCUT2D eigenvalue weighted by atomic mass is 10.0. The van der Waals surface area contributed by atoms with Crippen LogP contribution in [0.3, 0.4) is 0 Å². The molecule has 0 saturated heterocycles. The predicted molar refractivity (Wildman–Crippen MR) is 102 cm³/mol. The van der Waals surface area contributed by atoms with Crippen molar-refractivity contribution in [2.24, 2.45) is 0 Å². The molecule has 0 aliphatic heterocycles. The van der Waals surface area contributed by atoms with Crippen LogP contribution in [0.5, 0.6) is 11.5 Å². The van der Waals surface area contributed by atoms with Gasteiger partial charge in [0.25, 0.3) is 5.91 Å². The zero-order valence-corrected chi connectivity index (χ0v) is 15.8. The number of anilines is 1. The lowest BCUT2D eigenvalue weighted by Crippen LogP contribution is -2.30. The van der Waals surface area contributed by atoms with Gasteiger partial charge in [0.2, 0.25) is 0 Å². The number of rotatable bonds is 6. The summed E-state index contributed by atoms with van der Waals surface area (Å²) in [5.41, 5.74) is 3.90. The summed E-state index contributed by atoms with van der Waals surface area (Å²) in [5, 5.41) is 2.90. The molecule has 0 heterocycles. The first-order valence-corrected chi connectivity index (χ1v) is 8.54. The minimum Gasteiger partial charge on any atom is -0.495 e. The number of nitrogens with one attached hydrogen (secondary N) is 1. The first-order valence-electron chi connectivity index (χ1n) is 8.54. The highest BCUT2D eigenvalue weighted by Gasteiger charge is 2.19. The fourth-order valence-corrected chi connectivity index (χ4v) is 2.62. The van der Waals surface area contributed by atoms with E-state index in [-0.39, 0.29) is 5.91 Å². The maximum Gasteiger partial charge on any atom is 0.265 e. The third-order valence-electron chi connectivity index (χ3n) is 4.08. The number of ether oxygens (including phenoxy) is 2. The number of methoxy groups -OCH3 is 1. The molecule has 1 atom stereocenters. The highest BCUT2D eigenvalue weighted by Crippen LogP contribution is 2.29. The van der Waals surface area contributed by atoms with Gasteiger partial charge in [0.1, 0.15) is 11.5 Å². The van der Waals surface area contributed by atoms with Gasteiger partial charge >= 0.3 is 0 Å². The lowest BCUT2D eigenvalue weighted by molar-refractivity contribution is -0.122. The SMILES string of the molecule is COc1ccc(C)cc1NC(=O)[C@H](C)Oc1cc(C)ccc1C(C)C. The maximum atomic E-state index is 12.6. The fourth-order valence-electron chi connectivity index (χ4n) is 2.62. The van der Waals surface area contributed by atoms with E-state index < -0.39 is 6.10 Å². The van der Waals surface area contributed by atoms with Crippen LogP contribution in [0, 0.1) is 13.8 Å². The van der Waals surface area contributed by atoms with Gasteiger partial charge in [-0.1, -0.05) is 32.0 Å². The number of hydrogen-bond acceptors (Lipinski definition) is 3. The first-order chi connectivity index (χ1) is 11.8. The number of benzene rings is 2. The zero-order chi connectivity index (χ0) is 18.6. The van der Waals surface area contributed by atoms with E-state index in [0.29, 0.717) is 17.4 Å². The summed E-state index contributed by atoms with van der Waals surface area (Å²) in [5.74, 6) is 1.50. The molecule has 2 aromatic carbocycles. The van der Waals surface area contributed by atoms with Crippen molar-refractivity contribution in [2.45, 2.75) is 46.6 Å². The van der Waals surface area contributed by atoms with Gasteiger partial charge in [0, 0.05) is 0 Å². The summed E-state index contributed by atoms with van der Waals surface area (Å²) in [6.45, 7) is 9.96. The smallest absolute Gasteiger partial charge is 0.265 e. The molecule has 4 nitrogen and oxygen atoms in total. The molecule has 0 aliphatic rings. The molecule has 25 heavy (non-hydrogen) atoms. The van der Waals surface area contributed by atoms with Crippen LogP contribution in [0.15, 0.2) is 36.4 Å². The Kier molecular flexibility index (Phi) is 6.07. The molecule has 1 N–H and O–H groups in total. The Labute approximate surface area is 150 Å². The van der Waals surface area contributed by atoms with Gasteiger partial charge in [-0.15, -0.1) is 0 Å². The van der Waals surface area contributed by atoms with Gasteiger partial charge in [-0.3, -0.25) is 4.79 Å². The molecule has 0 aromatic heterocycles. The Bertz CT molecular complexity index is 753. The molecule has 134 valence electrons. The summed E-state index contributed by atoms with van der Waals surface area (Å²) >= 11 is 0. The number of carbonyl (C=O) groups is 1. The summed E-state index contributed by atoms with van der Waals surface area (Å²) in [7, 11) is 1.59. The molecule has 0 radical (unpaired) electrons. The van der Waals surface area contributed by atoms with E-state index in [2.05, 4.69) is 31.3 Å². The number of amides is 1. The predicted octanol–water partition coefficient (Wildman–Crippen LogP) is 4.84. The molecular weight excluding hydrogens is 314 g/mol. The van der Waals surface area contributed by atoms with Gasteiger partial charge in [-0.05, 0) is 61.6 Å². The second-order valence-electron chi connectivity index (χ2n) is 6.65. The molecular formula is C21H27NO3. The molecule has 0 aliphatic carbocycles. The first kappa shape index (κ1) is 18.8. The molecule has 0 spiro atoms. The summed E-state index contributed by atoms with van der Waals surface area (Å²) in [4.78, 5) is 12.6. The van der Waals surface area contributed by atoms with E-state index in [4.69, 9.17) is 9.47 Å². The summed E-state index contributed by atoms with van der Waals surface area (Å²) in [6.07, 6.45) is -0.621. The highest BCUT2D eigenvalue weighted by atomic mass is 16.5. The second kappa shape index (κ2) is 8.06. The minimum atomic E-state index is -0.621. The summed E-state index contributed by atoms with van der Waals surface area (Å²) in [6, 6.07) is 11.8. The van der Waals surface area contributed by atoms with Crippen molar-refractivity contribution in [3.63, 3.8) is 0 Å². The Hall–Kier alpha value is -2.49. The van der Waals surface area contributed by atoms with E-state index in [9.17, 15) is 4.79 Å². The molecule has 1 amide bonds. The van der Waals surface area contributed by atoms with Crippen LogP contribution in [-0.2, 0) is 4.79 Å². The largest absolute Gasteiger partial charge is 0.495 e. The average molecular weight is 341 g/mol. The van der Waals surface area contributed by atoms with Gasteiger partial charge < -0.3 is 14.8 Å². The van der Waals surface area contributed by atoms with Crippen LogP contribution in [0.1, 0.15) is 43.4 Å². The van der Waals surface area contributed by atoms with Crippen molar-refractivity contribution < 1.29 is 14.3 Å². The molecule has 2 rings (SSSR count). The lowest BCUT2D eigenvalue weighted by Gasteiger charge is -2.20. The quantitative estimate of drug-likeness (QED) is 0.818. The van der Waals surface area contributed by atoms with E-state index in [0.717, 1.165) is 22.4 Å². The van der Waals surface area contributed by atoms with Crippen LogP contribution >= 0.6 is 0 Å². The number of aryl methyl sites for hydroxylation is 2. The van der Waals surface area contributed by atoms with E-state index >= 15 is 0 Å². The topological polar surface area (TPSA) is 47.6 Å². The van der Waals surface area contributed by atoms with Crippen LogP contribution < -0.4 is 14.8 Å². The van der Waals surface area contributed by atoms with Crippen LogP contribution in [0.4, 0.5) is 5.69 Å². The summed E-state index contributed by atoms with van der Waals surface area (Å²) < 4.78 is 11.3. The van der Waals surface area contributed by atoms with E-state index in [1.807, 2.05) is 38.1 Å². The fraction of sp³-hybridized carbons (Fsp3) is 0.381. The van der Waals surface area contributed by atoms with Crippen molar-refractivity contribution >= 4 is 11.6 Å². The Balaban J connectivity index is 2.16.